The summed E-state index contributed by atoms with van der Waals surface area (Å²) in [6.07, 6.45) is 7.75. The lowest BCUT2D eigenvalue weighted by Gasteiger charge is -2.61. The van der Waals surface area contributed by atoms with E-state index in [2.05, 4.69) is 58.8 Å². The van der Waals surface area contributed by atoms with E-state index in [1.165, 1.54) is 31.2 Å². The molecule has 0 spiro atoms. The van der Waals surface area contributed by atoms with Gasteiger partial charge in [-0.15, -0.1) is 0 Å². The number of piperidine rings is 1. The largest absolute Gasteiger partial charge is 0.350 e. The Labute approximate surface area is 208 Å². The van der Waals surface area contributed by atoms with Gasteiger partial charge in [-0.3, -0.25) is 9.69 Å². The molecule has 1 saturated heterocycles. The first kappa shape index (κ1) is 21.6. The van der Waals surface area contributed by atoms with E-state index in [1.807, 2.05) is 18.2 Å². The number of likely N-dealkylation sites (tertiary alicyclic amines) is 1. The Kier molecular flexibility index (Phi) is 4.74. The highest BCUT2D eigenvalue weighted by molar-refractivity contribution is 5.79. The lowest BCUT2D eigenvalue weighted by molar-refractivity contribution is -0.126. The van der Waals surface area contributed by atoms with Gasteiger partial charge in [0, 0.05) is 24.0 Å². The summed E-state index contributed by atoms with van der Waals surface area (Å²) in [7, 11) is 0. The fourth-order valence-corrected chi connectivity index (χ4v) is 9.55. The van der Waals surface area contributed by atoms with E-state index in [0.29, 0.717) is 6.54 Å². The first-order valence-electron chi connectivity index (χ1n) is 13.6. The highest BCUT2D eigenvalue weighted by Gasteiger charge is 2.72. The maximum atomic E-state index is 13.4. The molecular weight excluding hydrogens is 430 g/mol. The average Bonchev–Trinajstić information content (AvgIpc) is 3.33. The van der Waals surface area contributed by atoms with Crippen molar-refractivity contribution in [2.75, 3.05) is 19.6 Å². The Morgan fingerprint density at radius 3 is 2.31 bits per heavy atom. The summed E-state index contributed by atoms with van der Waals surface area (Å²) in [5, 5.41) is 13.6. The molecule has 0 radical (unpaired) electrons. The molecule has 2 bridgehead atoms. The van der Waals surface area contributed by atoms with Crippen molar-refractivity contribution in [2.45, 2.75) is 61.3 Å². The molecule has 4 aliphatic carbocycles. The number of carbonyl (C=O) groups is 1. The van der Waals surface area contributed by atoms with Gasteiger partial charge in [-0.1, -0.05) is 60.7 Å². The topological polar surface area (TPSA) is 56.1 Å². The lowest BCUT2D eigenvalue weighted by atomic mass is 9.44. The third-order valence-electron chi connectivity index (χ3n) is 10.7. The molecule has 6 atom stereocenters. The molecule has 6 unspecified atom stereocenters. The second-order valence-electron chi connectivity index (χ2n) is 12.4. The van der Waals surface area contributed by atoms with Crippen LogP contribution in [0.5, 0.6) is 0 Å². The van der Waals surface area contributed by atoms with Crippen LogP contribution in [0.15, 0.2) is 60.7 Å². The van der Waals surface area contributed by atoms with Crippen molar-refractivity contribution >= 4 is 5.91 Å². The molecule has 4 nitrogen and oxygen atoms in total. The number of fused-ring (bicyclic) bond motifs is 1. The van der Waals surface area contributed by atoms with Crippen LogP contribution in [0.25, 0.3) is 0 Å². The minimum absolute atomic E-state index is 0.0274. The van der Waals surface area contributed by atoms with Crippen molar-refractivity contribution in [3.8, 4) is 6.07 Å². The van der Waals surface area contributed by atoms with E-state index in [-0.39, 0.29) is 16.9 Å². The molecule has 2 aromatic carbocycles. The summed E-state index contributed by atoms with van der Waals surface area (Å²) in [4.78, 5) is 15.7. The van der Waals surface area contributed by atoms with Gasteiger partial charge >= 0.3 is 0 Å². The second-order valence-corrected chi connectivity index (χ2v) is 12.4. The van der Waals surface area contributed by atoms with Crippen molar-refractivity contribution in [1.82, 2.24) is 10.2 Å². The second kappa shape index (κ2) is 7.68. The van der Waals surface area contributed by atoms with Crippen LogP contribution >= 0.6 is 0 Å². The Hall–Kier alpha value is -2.64. The van der Waals surface area contributed by atoms with Crippen molar-refractivity contribution < 1.29 is 4.79 Å². The highest BCUT2D eigenvalue weighted by atomic mass is 16.2. The number of rotatable bonds is 5. The van der Waals surface area contributed by atoms with Crippen LogP contribution in [0.4, 0.5) is 0 Å². The zero-order valence-corrected chi connectivity index (χ0v) is 20.5. The van der Waals surface area contributed by atoms with Crippen LogP contribution in [0.1, 0.15) is 56.1 Å². The van der Waals surface area contributed by atoms with Crippen molar-refractivity contribution in [3.63, 3.8) is 0 Å². The van der Waals surface area contributed by atoms with Crippen molar-refractivity contribution in [1.29, 1.82) is 5.26 Å². The molecule has 1 N–H and O–H groups in total. The van der Waals surface area contributed by atoms with Gasteiger partial charge in [0.1, 0.15) is 0 Å². The van der Waals surface area contributed by atoms with Crippen molar-refractivity contribution in [3.05, 3.63) is 71.8 Å². The summed E-state index contributed by atoms with van der Waals surface area (Å²) in [6, 6.07) is 24.0. The SMILES string of the molecule is N#CC1(c2ccccc2)CCN(CC(=O)NC23CC4CC5CC(c6ccccc6)(C2)C5C4C3)CC1. The first-order valence-corrected chi connectivity index (χ1v) is 13.6. The summed E-state index contributed by atoms with van der Waals surface area (Å²) in [5.41, 5.74) is 2.46. The van der Waals surface area contributed by atoms with E-state index in [9.17, 15) is 10.1 Å². The quantitative estimate of drug-likeness (QED) is 0.690. The van der Waals surface area contributed by atoms with E-state index in [0.717, 1.165) is 61.6 Å². The van der Waals surface area contributed by atoms with Gasteiger partial charge in [0.2, 0.25) is 5.91 Å². The number of nitrogens with one attached hydrogen (secondary N) is 1. The standard InChI is InChI=1S/C31H35N3O/c32-21-29(24-7-3-1-4-8-24)11-13-34(14-12-29)19-27(35)33-30-16-22-15-23-17-31(20-30,28(23)26(22)18-30)25-9-5-2-6-10-25/h1-10,22-23,26,28H,11-20H2,(H,33,35). The van der Waals surface area contributed by atoms with Crippen LogP contribution in [-0.4, -0.2) is 36.0 Å². The van der Waals surface area contributed by atoms with Crippen LogP contribution in [-0.2, 0) is 15.6 Å². The number of hydrogen-bond donors (Lipinski definition) is 1. The van der Waals surface area contributed by atoms with Crippen LogP contribution in [0.3, 0.4) is 0 Å². The predicted molar refractivity (Wildman–Crippen MR) is 135 cm³/mol. The van der Waals surface area contributed by atoms with E-state index >= 15 is 0 Å². The van der Waals surface area contributed by atoms with Gasteiger partial charge in [0.25, 0.3) is 0 Å². The molecular formula is C31H35N3O. The molecule has 1 aliphatic heterocycles. The third-order valence-corrected chi connectivity index (χ3v) is 10.7. The first-order chi connectivity index (χ1) is 17.0. The molecule has 1 heterocycles. The number of hydrogen-bond acceptors (Lipinski definition) is 3. The summed E-state index contributed by atoms with van der Waals surface area (Å²) in [6.45, 7) is 2.05. The molecule has 5 fully saturated rings. The summed E-state index contributed by atoms with van der Waals surface area (Å²) >= 11 is 0. The normalized spacial score (nSPS) is 38.4. The minimum atomic E-state index is -0.420. The van der Waals surface area contributed by atoms with E-state index in [4.69, 9.17) is 0 Å². The Bertz CT molecular complexity index is 1160. The van der Waals surface area contributed by atoms with E-state index in [1.54, 1.807) is 0 Å². The highest BCUT2D eigenvalue weighted by Crippen LogP contribution is 2.75. The average molecular weight is 466 g/mol. The smallest absolute Gasteiger partial charge is 0.234 e. The van der Waals surface area contributed by atoms with Gasteiger partial charge in [0.15, 0.2) is 0 Å². The van der Waals surface area contributed by atoms with E-state index < -0.39 is 5.41 Å². The van der Waals surface area contributed by atoms with Crippen LogP contribution in [0, 0.1) is 35.0 Å². The zero-order chi connectivity index (χ0) is 23.7. The number of nitriles is 1. The fraction of sp³-hybridized carbons (Fsp3) is 0.548. The molecule has 4 saturated carbocycles. The third kappa shape index (κ3) is 3.17. The number of carbonyl (C=O) groups excluding carboxylic acids is 1. The van der Waals surface area contributed by atoms with Crippen molar-refractivity contribution in [2.24, 2.45) is 23.7 Å². The van der Waals surface area contributed by atoms with Gasteiger partial charge in [0.05, 0.1) is 18.0 Å². The molecule has 1 amide bonds. The van der Waals surface area contributed by atoms with Gasteiger partial charge in [-0.2, -0.15) is 5.26 Å². The van der Waals surface area contributed by atoms with Gasteiger partial charge < -0.3 is 5.32 Å². The fourth-order valence-electron chi connectivity index (χ4n) is 9.55. The Balaban J connectivity index is 1.04. The number of benzene rings is 2. The molecule has 180 valence electrons. The van der Waals surface area contributed by atoms with Gasteiger partial charge in [-0.05, 0) is 79.7 Å². The maximum absolute atomic E-state index is 13.4. The molecule has 2 aromatic rings. The number of amides is 1. The summed E-state index contributed by atoms with van der Waals surface area (Å²) < 4.78 is 0. The van der Waals surface area contributed by atoms with Crippen LogP contribution < -0.4 is 5.32 Å². The minimum Gasteiger partial charge on any atom is -0.350 e. The molecule has 35 heavy (non-hydrogen) atoms. The molecule has 4 heteroatoms. The maximum Gasteiger partial charge on any atom is 0.234 e. The molecule has 0 aromatic heterocycles. The molecule has 7 rings (SSSR count). The monoisotopic (exact) mass is 465 g/mol. The molecule has 5 aliphatic rings. The lowest BCUT2D eigenvalue weighted by Crippen LogP contribution is -2.63. The van der Waals surface area contributed by atoms with Crippen LogP contribution in [0.2, 0.25) is 0 Å². The Morgan fingerprint density at radius 1 is 0.943 bits per heavy atom. The number of nitrogens with zero attached hydrogens (tertiary/aromatic N) is 2. The zero-order valence-electron chi connectivity index (χ0n) is 20.5. The predicted octanol–water partition coefficient (Wildman–Crippen LogP) is 4.81. The summed E-state index contributed by atoms with van der Waals surface area (Å²) in [5.74, 6) is 3.53. The van der Waals surface area contributed by atoms with Gasteiger partial charge in [-0.25, -0.2) is 0 Å². The Morgan fingerprint density at radius 2 is 1.63 bits per heavy atom.